The summed E-state index contributed by atoms with van der Waals surface area (Å²) in [5.74, 6) is -0.256. The number of hydrogen-bond donors (Lipinski definition) is 0. The van der Waals surface area contributed by atoms with Crippen molar-refractivity contribution < 1.29 is 14.4 Å². The molecule has 0 saturated carbocycles. The number of nitrogens with zero attached hydrogens (tertiary/aromatic N) is 4. The van der Waals surface area contributed by atoms with Crippen LogP contribution in [0.4, 0.5) is 0 Å². The number of piperidine rings is 1. The Balaban J connectivity index is 1.40. The number of carbonyl (C=O) groups excluding carboxylic acids is 3. The number of imidazole rings is 1. The molecule has 4 rings (SSSR count). The van der Waals surface area contributed by atoms with Gasteiger partial charge < -0.3 is 9.80 Å². The Bertz CT molecular complexity index is 1040. The van der Waals surface area contributed by atoms with Crippen molar-refractivity contribution in [2.75, 3.05) is 19.6 Å². The maximum Gasteiger partial charge on any atom is 0.235 e. The summed E-state index contributed by atoms with van der Waals surface area (Å²) in [6, 6.07) is 4.03. The molecule has 2 aromatic rings. The smallest absolute Gasteiger partial charge is 0.235 e. The number of carbonyl (C=O) groups is 3. The Morgan fingerprint density at radius 1 is 1.00 bits per heavy atom. The number of hydrogen-bond acceptors (Lipinski definition) is 4. The van der Waals surface area contributed by atoms with Crippen molar-refractivity contribution in [2.24, 2.45) is 11.8 Å². The van der Waals surface area contributed by atoms with Gasteiger partial charge in [-0.05, 0) is 70.7 Å². The van der Waals surface area contributed by atoms with Crippen LogP contribution in [-0.4, -0.2) is 62.2 Å². The minimum absolute atomic E-state index is 0.0465. The maximum atomic E-state index is 13.2. The van der Waals surface area contributed by atoms with E-state index in [-0.39, 0.29) is 41.5 Å². The van der Waals surface area contributed by atoms with E-state index >= 15 is 0 Å². The standard InChI is InChI=1S/C24H32N4O3/c1-15-10-19-20(11-16(15)2)27(14-25-19)23(31)17-6-8-26(9-7-17)22(30)18-12-21(29)28(13-18)24(3,4)5/h10-11,14,17-18H,6-9,12-13H2,1-5H3. The summed E-state index contributed by atoms with van der Waals surface area (Å²) < 4.78 is 1.67. The second kappa shape index (κ2) is 7.77. The van der Waals surface area contributed by atoms with E-state index in [1.165, 1.54) is 0 Å². The Hall–Kier alpha value is -2.70. The van der Waals surface area contributed by atoms with E-state index in [2.05, 4.69) is 4.98 Å². The zero-order chi connectivity index (χ0) is 22.5. The average molecular weight is 425 g/mol. The molecule has 2 aliphatic rings. The largest absolute Gasteiger partial charge is 0.342 e. The van der Waals surface area contributed by atoms with Crippen molar-refractivity contribution >= 4 is 28.8 Å². The van der Waals surface area contributed by atoms with Crippen LogP contribution in [0.5, 0.6) is 0 Å². The second-order valence-corrected chi connectivity index (χ2v) is 10.1. The quantitative estimate of drug-likeness (QED) is 0.742. The molecule has 7 heteroatoms. The van der Waals surface area contributed by atoms with Crippen LogP contribution in [0.3, 0.4) is 0 Å². The predicted molar refractivity (Wildman–Crippen MR) is 119 cm³/mol. The lowest BCUT2D eigenvalue weighted by molar-refractivity contribution is -0.137. The van der Waals surface area contributed by atoms with E-state index in [0.717, 1.165) is 22.2 Å². The molecule has 0 spiro atoms. The van der Waals surface area contributed by atoms with Crippen LogP contribution in [0.25, 0.3) is 11.0 Å². The fourth-order valence-corrected chi connectivity index (χ4v) is 4.76. The molecule has 0 radical (unpaired) electrons. The van der Waals surface area contributed by atoms with Crippen LogP contribution in [0.1, 0.15) is 56.0 Å². The highest BCUT2D eigenvalue weighted by molar-refractivity contribution is 5.93. The first-order valence-electron chi connectivity index (χ1n) is 11.1. The van der Waals surface area contributed by atoms with Crippen molar-refractivity contribution in [3.8, 4) is 0 Å². The Labute approximate surface area is 183 Å². The minimum Gasteiger partial charge on any atom is -0.342 e. The topological polar surface area (TPSA) is 75.5 Å². The molecule has 2 saturated heterocycles. The van der Waals surface area contributed by atoms with Crippen LogP contribution >= 0.6 is 0 Å². The molecule has 166 valence electrons. The van der Waals surface area contributed by atoms with Crippen LogP contribution in [0.15, 0.2) is 18.5 Å². The van der Waals surface area contributed by atoms with Gasteiger partial charge in [-0.15, -0.1) is 0 Å². The lowest BCUT2D eigenvalue weighted by Gasteiger charge is -2.34. The average Bonchev–Trinajstić information content (AvgIpc) is 3.30. The van der Waals surface area contributed by atoms with Crippen molar-refractivity contribution in [1.82, 2.24) is 19.4 Å². The van der Waals surface area contributed by atoms with E-state index in [9.17, 15) is 14.4 Å². The van der Waals surface area contributed by atoms with Crippen LogP contribution < -0.4 is 0 Å². The van der Waals surface area contributed by atoms with Gasteiger partial charge in [0.05, 0.1) is 17.0 Å². The number of likely N-dealkylation sites (tertiary alicyclic amines) is 2. The molecular formula is C24H32N4O3. The van der Waals surface area contributed by atoms with Gasteiger partial charge in [0.15, 0.2) is 0 Å². The monoisotopic (exact) mass is 424 g/mol. The summed E-state index contributed by atoms with van der Waals surface area (Å²) in [4.78, 5) is 46.6. The molecule has 31 heavy (non-hydrogen) atoms. The van der Waals surface area contributed by atoms with E-state index in [1.54, 1.807) is 15.8 Å². The SMILES string of the molecule is Cc1cc2ncn(C(=O)C3CCN(C(=O)C4CC(=O)N(C(C)(C)C)C4)CC3)c2cc1C. The molecule has 3 heterocycles. The van der Waals surface area contributed by atoms with Crippen LogP contribution in [-0.2, 0) is 9.59 Å². The first-order chi connectivity index (χ1) is 14.6. The van der Waals surface area contributed by atoms with Gasteiger partial charge in [-0.25, -0.2) is 4.98 Å². The fraction of sp³-hybridized carbons (Fsp3) is 0.583. The summed E-state index contributed by atoms with van der Waals surface area (Å²) in [5.41, 5.74) is 3.71. The van der Waals surface area contributed by atoms with E-state index in [1.807, 2.05) is 51.7 Å². The zero-order valence-corrected chi connectivity index (χ0v) is 19.1. The zero-order valence-electron chi connectivity index (χ0n) is 19.1. The highest BCUT2D eigenvalue weighted by Crippen LogP contribution is 2.29. The highest BCUT2D eigenvalue weighted by Gasteiger charge is 2.41. The maximum absolute atomic E-state index is 13.2. The van der Waals surface area contributed by atoms with Gasteiger partial charge in [-0.1, -0.05) is 0 Å². The van der Waals surface area contributed by atoms with Crippen molar-refractivity contribution in [3.63, 3.8) is 0 Å². The third kappa shape index (κ3) is 3.98. The van der Waals surface area contributed by atoms with Gasteiger partial charge in [-0.2, -0.15) is 0 Å². The summed E-state index contributed by atoms with van der Waals surface area (Å²) >= 11 is 0. The Morgan fingerprint density at radius 2 is 1.65 bits per heavy atom. The Kier molecular flexibility index (Phi) is 5.40. The minimum atomic E-state index is -0.275. The normalized spacial score (nSPS) is 20.7. The molecule has 7 nitrogen and oxygen atoms in total. The van der Waals surface area contributed by atoms with Crippen molar-refractivity contribution in [2.45, 2.75) is 59.4 Å². The van der Waals surface area contributed by atoms with Crippen LogP contribution in [0.2, 0.25) is 0 Å². The molecule has 0 N–H and O–H groups in total. The van der Waals surface area contributed by atoms with Gasteiger partial charge in [0.1, 0.15) is 6.33 Å². The van der Waals surface area contributed by atoms with Crippen molar-refractivity contribution in [1.29, 1.82) is 0 Å². The third-order valence-electron chi connectivity index (χ3n) is 6.84. The summed E-state index contributed by atoms with van der Waals surface area (Å²) in [6.07, 6.45) is 3.18. The number of aromatic nitrogens is 2. The summed E-state index contributed by atoms with van der Waals surface area (Å²) in [5, 5.41) is 0. The Morgan fingerprint density at radius 3 is 2.26 bits per heavy atom. The number of aryl methyl sites for hydroxylation is 2. The van der Waals surface area contributed by atoms with Gasteiger partial charge in [0, 0.05) is 37.5 Å². The van der Waals surface area contributed by atoms with E-state index in [4.69, 9.17) is 0 Å². The lowest BCUT2D eigenvalue weighted by atomic mass is 9.94. The van der Waals surface area contributed by atoms with E-state index < -0.39 is 0 Å². The number of rotatable bonds is 2. The summed E-state index contributed by atoms with van der Waals surface area (Å²) in [6.45, 7) is 11.7. The molecular weight excluding hydrogens is 392 g/mol. The highest BCUT2D eigenvalue weighted by atomic mass is 16.2. The molecule has 1 aromatic heterocycles. The van der Waals surface area contributed by atoms with Crippen molar-refractivity contribution in [3.05, 3.63) is 29.6 Å². The molecule has 0 bridgehead atoms. The first kappa shape index (κ1) is 21.5. The van der Waals surface area contributed by atoms with Gasteiger partial charge in [-0.3, -0.25) is 19.0 Å². The first-order valence-corrected chi connectivity index (χ1v) is 11.1. The number of benzene rings is 1. The van der Waals surface area contributed by atoms with Gasteiger partial charge in [0.25, 0.3) is 0 Å². The molecule has 1 atom stereocenters. The fourth-order valence-electron chi connectivity index (χ4n) is 4.76. The number of amides is 2. The van der Waals surface area contributed by atoms with Gasteiger partial charge >= 0.3 is 0 Å². The molecule has 0 aliphatic carbocycles. The predicted octanol–water partition coefficient (Wildman–Crippen LogP) is 3.18. The van der Waals surface area contributed by atoms with Crippen LogP contribution in [0, 0.1) is 25.7 Å². The molecule has 1 unspecified atom stereocenters. The molecule has 2 fully saturated rings. The molecule has 2 amide bonds. The molecule has 2 aliphatic heterocycles. The second-order valence-electron chi connectivity index (χ2n) is 10.1. The molecule has 1 aromatic carbocycles. The lowest BCUT2D eigenvalue weighted by Crippen LogP contribution is -2.46. The van der Waals surface area contributed by atoms with Gasteiger partial charge in [0.2, 0.25) is 17.7 Å². The third-order valence-corrected chi connectivity index (χ3v) is 6.84. The summed E-state index contributed by atoms with van der Waals surface area (Å²) in [7, 11) is 0. The van der Waals surface area contributed by atoms with E-state index in [0.29, 0.717) is 32.5 Å². The number of fused-ring (bicyclic) bond motifs is 1.